The normalized spacial score (nSPS) is 13.8. The number of hydrogen-bond acceptors (Lipinski definition) is 5. The van der Waals surface area contributed by atoms with Gasteiger partial charge in [0.2, 0.25) is 0 Å². The highest BCUT2D eigenvalue weighted by Crippen LogP contribution is 2.26. The lowest BCUT2D eigenvalue weighted by atomic mass is 10.1. The average Bonchev–Trinajstić information content (AvgIpc) is 3.41. The molecule has 0 saturated carbocycles. The molecule has 4 rings (SSSR count). The van der Waals surface area contributed by atoms with Crippen LogP contribution < -0.4 is 5.32 Å². The number of hydrogen-bond donors (Lipinski definition) is 1. The number of carbonyl (C=O) groups is 2. The first-order valence-corrected chi connectivity index (χ1v) is 10.5. The summed E-state index contributed by atoms with van der Waals surface area (Å²) >= 11 is 1.49. The van der Waals surface area contributed by atoms with Crippen LogP contribution in [-0.2, 0) is 22.4 Å². The molecule has 0 aliphatic heterocycles. The molecular weight excluding hydrogens is 386 g/mol. The van der Waals surface area contributed by atoms with Crippen molar-refractivity contribution in [2.75, 3.05) is 5.32 Å². The lowest BCUT2D eigenvalue weighted by Gasteiger charge is -2.14. The van der Waals surface area contributed by atoms with Crippen LogP contribution >= 0.6 is 11.3 Å². The van der Waals surface area contributed by atoms with E-state index in [1.165, 1.54) is 22.5 Å². The third-order valence-corrected chi connectivity index (χ3v) is 6.04. The van der Waals surface area contributed by atoms with E-state index in [1.807, 2.05) is 35.9 Å². The van der Waals surface area contributed by atoms with E-state index in [4.69, 9.17) is 4.74 Å². The number of rotatable bonds is 5. The molecule has 7 heteroatoms. The summed E-state index contributed by atoms with van der Waals surface area (Å²) in [6.07, 6.45) is 4.11. The molecule has 0 spiro atoms. The van der Waals surface area contributed by atoms with Crippen LogP contribution in [0.1, 0.15) is 46.2 Å². The Morgan fingerprint density at radius 3 is 2.76 bits per heavy atom. The summed E-state index contributed by atoms with van der Waals surface area (Å²) in [5, 5.41) is 5.53. The molecule has 150 valence electrons. The van der Waals surface area contributed by atoms with Gasteiger partial charge in [0.25, 0.3) is 5.91 Å². The van der Waals surface area contributed by atoms with Gasteiger partial charge >= 0.3 is 5.97 Å². The van der Waals surface area contributed by atoms with Gasteiger partial charge in [0.1, 0.15) is 0 Å². The molecule has 2 aromatic heterocycles. The second-order valence-corrected chi connectivity index (χ2v) is 8.18. The first-order chi connectivity index (χ1) is 13.9. The number of nitrogens with one attached hydrogen (secondary N) is 1. The van der Waals surface area contributed by atoms with Gasteiger partial charge in [-0.25, -0.2) is 9.78 Å². The Kier molecular flexibility index (Phi) is 5.24. The maximum atomic E-state index is 12.7. The monoisotopic (exact) mass is 409 g/mol. The van der Waals surface area contributed by atoms with Crippen molar-refractivity contribution in [1.82, 2.24) is 9.55 Å². The van der Waals surface area contributed by atoms with Crippen LogP contribution in [0.2, 0.25) is 0 Å². The number of anilines is 1. The Balaban J connectivity index is 1.44. The fourth-order valence-corrected chi connectivity index (χ4v) is 4.51. The predicted molar refractivity (Wildman–Crippen MR) is 113 cm³/mol. The Morgan fingerprint density at radius 2 is 2.00 bits per heavy atom. The van der Waals surface area contributed by atoms with Crippen molar-refractivity contribution >= 4 is 28.9 Å². The van der Waals surface area contributed by atoms with Crippen molar-refractivity contribution in [2.24, 2.45) is 0 Å². The number of thiazole rings is 1. The summed E-state index contributed by atoms with van der Waals surface area (Å²) < 4.78 is 7.36. The van der Waals surface area contributed by atoms with Gasteiger partial charge in [0.05, 0.1) is 5.56 Å². The maximum absolute atomic E-state index is 12.7. The van der Waals surface area contributed by atoms with Gasteiger partial charge in [-0.05, 0) is 69.4 Å². The van der Waals surface area contributed by atoms with Crippen molar-refractivity contribution in [3.05, 3.63) is 63.9 Å². The predicted octanol–water partition coefficient (Wildman–Crippen LogP) is 4.22. The number of nitrogens with zero attached hydrogens (tertiary/aromatic N) is 2. The van der Waals surface area contributed by atoms with E-state index >= 15 is 0 Å². The Morgan fingerprint density at radius 1 is 1.21 bits per heavy atom. The quantitative estimate of drug-likeness (QED) is 0.640. The van der Waals surface area contributed by atoms with Gasteiger partial charge in [-0.2, -0.15) is 0 Å². The summed E-state index contributed by atoms with van der Waals surface area (Å²) in [5.74, 6) is -0.859. The summed E-state index contributed by atoms with van der Waals surface area (Å²) in [6.45, 7) is 5.34. The third kappa shape index (κ3) is 3.82. The smallest absolute Gasteiger partial charge is 0.340 e. The summed E-state index contributed by atoms with van der Waals surface area (Å²) in [4.78, 5) is 29.5. The molecular formula is C22H23N3O3S. The van der Waals surface area contributed by atoms with Crippen LogP contribution in [0.15, 0.2) is 35.8 Å². The standard InChI is InChI=1S/C22H23N3O3S/c1-13-11-19(14(2)25(13)22-23-9-10-29-22)21(27)28-15(3)20(26)24-18-8-7-16-5-4-6-17(16)12-18/h7-12,15H,4-6H2,1-3H3,(H,24,26). The number of aromatic nitrogens is 2. The molecule has 6 nitrogen and oxygen atoms in total. The molecule has 0 bridgehead atoms. The lowest BCUT2D eigenvalue weighted by Crippen LogP contribution is -2.30. The van der Waals surface area contributed by atoms with E-state index in [0.717, 1.165) is 41.5 Å². The molecule has 0 fully saturated rings. The number of fused-ring (bicyclic) bond motifs is 1. The van der Waals surface area contributed by atoms with Gasteiger partial charge in [-0.15, -0.1) is 11.3 Å². The van der Waals surface area contributed by atoms with Gasteiger partial charge in [-0.3, -0.25) is 9.36 Å². The zero-order chi connectivity index (χ0) is 20.5. The zero-order valence-corrected chi connectivity index (χ0v) is 17.5. The van der Waals surface area contributed by atoms with Crippen molar-refractivity contribution in [1.29, 1.82) is 0 Å². The van der Waals surface area contributed by atoms with Crippen molar-refractivity contribution in [2.45, 2.75) is 46.1 Å². The molecule has 3 aromatic rings. The second-order valence-electron chi connectivity index (χ2n) is 7.31. The highest BCUT2D eigenvalue weighted by atomic mass is 32.1. The topological polar surface area (TPSA) is 73.2 Å². The summed E-state index contributed by atoms with van der Waals surface area (Å²) in [6, 6.07) is 7.74. The van der Waals surface area contributed by atoms with E-state index in [1.54, 1.807) is 19.2 Å². The molecule has 0 saturated heterocycles. The van der Waals surface area contributed by atoms with E-state index < -0.39 is 12.1 Å². The van der Waals surface area contributed by atoms with Crippen LogP contribution in [0.25, 0.3) is 5.13 Å². The molecule has 1 unspecified atom stereocenters. The number of benzene rings is 1. The fraction of sp³-hybridized carbons (Fsp3) is 0.318. The van der Waals surface area contributed by atoms with Gasteiger partial charge in [-0.1, -0.05) is 6.07 Å². The Bertz CT molecular complexity index is 1070. The first kappa shape index (κ1) is 19.4. The minimum absolute atomic E-state index is 0.343. The minimum Gasteiger partial charge on any atom is -0.449 e. The molecule has 1 aliphatic rings. The third-order valence-electron chi connectivity index (χ3n) is 5.28. The fourth-order valence-electron chi connectivity index (χ4n) is 3.76. The number of carbonyl (C=O) groups excluding carboxylic acids is 2. The lowest BCUT2D eigenvalue weighted by molar-refractivity contribution is -0.123. The van der Waals surface area contributed by atoms with E-state index in [9.17, 15) is 9.59 Å². The van der Waals surface area contributed by atoms with Crippen LogP contribution in [-0.4, -0.2) is 27.5 Å². The first-order valence-electron chi connectivity index (χ1n) is 9.66. The molecule has 1 aliphatic carbocycles. The Labute approximate surface area is 173 Å². The maximum Gasteiger partial charge on any atom is 0.340 e. The highest BCUT2D eigenvalue weighted by molar-refractivity contribution is 7.12. The van der Waals surface area contributed by atoms with Crippen LogP contribution in [0, 0.1) is 13.8 Å². The average molecular weight is 410 g/mol. The molecule has 1 N–H and O–H groups in total. The van der Waals surface area contributed by atoms with Gasteiger partial charge in [0.15, 0.2) is 11.2 Å². The highest BCUT2D eigenvalue weighted by Gasteiger charge is 2.24. The van der Waals surface area contributed by atoms with E-state index in [0.29, 0.717) is 5.56 Å². The molecule has 1 atom stereocenters. The molecule has 29 heavy (non-hydrogen) atoms. The Hall–Kier alpha value is -2.93. The zero-order valence-electron chi connectivity index (χ0n) is 16.7. The van der Waals surface area contributed by atoms with Crippen molar-refractivity contribution in [3.8, 4) is 5.13 Å². The largest absolute Gasteiger partial charge is 0.449 e. The molecule has 0 radical (unpaired) electrons. The number of esters is 1. The molecule has 1 amide bonds. The van der Waals surface area contributed by atoms with Crippen LogP contribution in [0.5, 0.6) is 0 Å². The van der Waals surface area contributed by atoms with E-state index in [-0.39, 0.29) is 5.91 Å². The number of aryl methyl sites for hydroxylation is 3. The summed E-state index contributed by atoms with van der Waals surface area (Å²) in [7, 11) is 0. The van der Waals surface area contributed by atoms with Crippen LogP contribution in [0.3, 0.4) is 0 Å². The number of amides is 1. The van der Waals surface area contributed by atoms with Gasteiger partial charge in [0, 0.05) is 28.7 Å². The van der Waals surface area contributed by atoms with Crippen molar-refractivity contribution in [3.63, 3.8) is 0 Å². The molecule has 1 aromatic carbocycles. The SMILES string of the molecule is Cc1cc(C(=O)OC(C)C(=O)Nc2ccc3c(c2)CCC3)c(C)n1-c1nccs1. The van der Waals surface area contributed by atoms with Crippen LogP contribution in [0.4, 0.5) is 5.69 Å². The summed E-state index contributed by atoms with van der Waals surface area (Å²) in [5.41, 5.74) is 5.43. The van der Waals surface area contributed by atoms with Crippen molar-refractivity contribution < 1.29 is 14.3 Å². The molecule has 2 heterocycles. The van der Waals surface area contributed by atoms with E-state index in [2.05, 4.69) is 16.4 Å². The van der Waals surface area contributed by atoms with Gasteiger partial charge < -0.3 is 10.1 Å². The second kappa shape index (κ2) is 7.83. The number of ether oxygens (including phenoxy) is 1. The minimum atomic E-state index is -0.904.